The summed E-state index contributed by atoms with van der Waals surface area (Å²) in [4.78, 5) is 4.39. The van der Waals surface area contributed by atoms with Crippen LogP contribution in [0.1, 0.15) is 0 Å². The second-order valence-electron chi connectivity index (χ2n) is 5.50. The minimum atomic E-state index is -3.64. The summed E-state index contributed by atoms with van der Waals surface area (Å²) in [6, 6.07) is 15.7. The quantitative estimate of drug-likeness (QED) is 0.663. The van der Waals surface area contributed by atoms with Crippen LogP contribution in [0, 0.1) is 11.8 Å². The van der Waals surface area contributed by atoms with Crippen LogP contribution in [0.25, 0.3) is 10.9 Å². The van der Waals surface area contributed by atoms with E-state index in [2.05, 4.69) is 21.5 Å². The summed E-state index contributed by atoms with van der Waals surface area (Å²) in [6.45, 7) is 0.140. The van der Waals surface area contributed by atoms with E-state index < -0.39 is 10.0 Å². The zero-order valence-electron chi connectivity index (χ0n) is 14.7. The van der Waals surface area contributed by atoms with Crippen LogP contribution in [0.3, 0.4) is 0 Å². The highest BCUT2D eigenvalue weighted by Gasteiger charge is 2.13. The summed E-state index contributed by atoms with van der Waals surface area (Å²) in [5.74, 6) is 6.65. The van der Waals surface area contributed by atoms with E-state index in [1.54, 1.807) is 18.3 Å². The first kappa shape index (κ1) is 18.7. The molecule has 0 atom stereocenters. The minimum absolute atomic E-state index is 0.0117. The second-order valence-corrected chi connectivity index (χ2v) is 7.27. The Morgan fingerprint density at radius 2 is 1.93 bits per heavy atom. The summed E-state index contributed by atoms with van der Waals surface area (Å²) >= 11 is 0. The number of nitrogens with zero attached hydrogens (tertiary/aromatic N) is 1. The van der Waals surface area contributed by atoms with Crippen LogP contribution in [-0.2, 0) is 10.0 Å². The molecule has 0 radical (unpaired) electrons. The Kier molecular flexibility index (Phi) is 5.91. The molecule has 0 spiro atoms. The molecule has 0 aliphatic heterocycles. The molecule has 27 heavy (non-hydrogen) atoms. The second kappa shape index (κ2) is 8.54. The van der Waals surface area contributed by atoms with Crippen molar-refractivity contribution in [1.29, 1.82) is 0 Å². The van der Waals surface area contributed by atoms with Crippen LogP contribution in [0.5, 0.6) is 11.5 Å². The number of rotatable bonds is 6. The summed E-state index contributed by atoms with van der Waals surface area (Å²) in [7, 11) is -2.16. The van der Waals surface area contributed by atoms with E-state index in [0.29, 0.717) is 11.5 Å². The summed E-state index contributed by atoms with van der Waals surface area (Å²) in [6.07, 6.45) is 1.72. The molecule has 0 unspecified atom stereocenters. The SMILES string of the molecule is COc1cccc(S(=O)(=O)NCC#CCOc2ccc3cccnc3c2)c1. The molecule has 2 aromatic carbocycles. The molecule has 0 saturated carbocycles. The highest BCUT2D eigenvalue weighted by Crippen LogP contribution is 2.18. The lowest BCUT2D eigenvalue weighted by Crippen LogP contribution is -2.24. The van der Waals surface area contributed by atoms with Crippen molar-refractivity contribution in [2.45, 2.75) is 4.90 Å². The van der Waals surface area contributed by atoms with E-state index in [4.69, 9.17) is 9.47 Å². The van der Waals surface area contributed by atoms with Crippen molar-refractivity contribution in [3.8, 4) is 23.3 Å². The summed E-state index contributed by atoms with van der Waals surface area (Å²) in [5, 5.41) is 1.03. The van der Waals surface area contributed by atoms with Crippen molar-refractivity contribution < 1.29 is 17.9 Å². The maximum atomic E-state index is 12.2. The minimum Gasteiger partial charge on any atom is -0.497 e. The van der Waals surface area contributed by atoms with Gasteiger partial charge in [0.25, 0.3) is 0 Å². The lowest BCUT2D eigenvalue weighted by Gasteiger charge is -2.06. The Hall–Kier alpha value is -3.08. The molecule has 1 N–H and O–H groups in total. The molecule has 0 aliphatic carbocycles. The van der Waals surface area contributed by atoms with Gasteiger partial charge in [-0.3, -0.25) is 4.98 Å². The zero-order chi connectivity index (χ0) is 19.1. The molecular weight excluding hydrogens is 364 g/mol. The fourth-order valence-corrected chi connectivity index (χ4v) is 3.31. The first-order valence-corrected chi connectivity index (χ1v) is 9.64. The molecule has 1 aromatic heterocycles. The number of fused-ring (bicyclic) bond motifs is 1. The third-order valence-corrected chi connectivity index (χ3v) is 5.11. The van der Waals surface area contributed by atoms with Gasteiger partial charge >= 0.3 is 0 Å². The maximum Gasteiger partial charge on any atom is 0.241 e. The van der Waals surface area contributed by atoms with E-state index in [9.17, 15) is 8.42 Å². The Bertz CT molecular complexity index is 1100. The lowest BCUT2D eigenvalue weighted by molar-refractivity contribution is 0.370. The highest BCUT2D eigenvalue weighted by atomic mass is 32.2. The first-order valence-electron chi connectivity index (χ1n) is 8.15. The fraction of sp³-hybridized carbons (Fsp3) is 0.150. The summed E-state index contributed by atoms with van der Waals surface area (Å²) in [5.41, 5.74) is 0.842. The molecule has 0 fully saturated rings. The number of nitrogens with one attached hydrogen (secondary N) is 1. The van der Waals surface area contributed by atoms with Crippen LogP contribution in [0.2, 0.25) is 0 Å². The van der Waals surface area contributed by atoms with E-state index in [1.165, 1.54) is 19.2 Å². The van der Waals surface area contributed by atoms with Crippen molar-refractivity contribution >= 4 is 20.9 Å². The third-order valence-electron chi connectivity index (χ3n) is 3.72. The van der Waals surface area contributed by atoms with Gasteiger partial charge in [0.05, 0.1) is 24.1 Å². The smallest absolute Gasteiger partial charge is 0.241 e. The number of hydrogen-bond acceptors (Lipinski definition) is 5. The Morgan fingerprint density at radius 3 is 2.78 bits per heavy atom. The molecule has 0 aliphatic rings. The predicted molar refractivity (Wildman–Crippen MR) is 103 cm³/mol. The number of aromatic nitrogens is 1. The van der Waals surface area contributed by atoms with Crippen LogP contribution < -0.4 is 14.2 Å². The number of methoxy groups -OCH3 is 1. The monoisotopic (exact) mass is 382 g/mol. The molecule has 0 amide bonds. The van der Waals surface area contributed by atoms with Crippen molar-refractivity contribution in [2.75, 3.05) is 20.3 Å². The van der Waals surface area contributed by atoms with Gasteiger partial charge in [-0.2, -0.15) is 4.72 Å². The van der Waals surface area contributed by atoms with E-state index >= 15 is 0 Å². The van der Waals surface area contributed by atoms with Gasteiger partial charge in [0.15, 0.2) is 0 Å². The van der Waals surface area contributed by atoms with E-state index in [-0.39, 0.29) is 18.0 Å². The largest absolute Gasteiger partial charge is 0.497 e. The highest BCUT2D eigenvalue weighted by molar-refractivity contribution is 7.89. The topological polar surface area (TPSA) is 77.5 Å². The standard InChI is InChI=1S/C20H18N2O4S/c1-25-17-7-4-8-19(14-17)27(23,24)22-12-2-3-13-26-18-10-9-16-6-5-11-21-20(16)15-18/h4-11,14-15,22H,12-13H2,1H3. The van der Waals surface area contributed by atoms with Crippen LogP contribution in [0.4, 0.5) is 0 Å². The van der Waals surface area contributed by atoms with Crippen molar-refractivity contribution in [2.24, 2.45) is 0 Å². The van der Waals surface area contributed by atoms with E-state index in [1.807, 2.05) is 30.3 Å². The lowest BCUT2D eigenvalue weighted by atomic mass is 10.2. The van der Waals surface area contributed by atoms with Gasteiger partial charge < -0.3 is 9.47 Å². The molecule has 0 bridgehead atoms. The first-order chi connectivity index (χ1) is 13.1. The van der Waals surface area contributed by atoms with Gasteiger partial charge in [0, 0.05) is 23.7 Å². The fourth-order valence-electron chi connectivity index (χ4n) is 2.35. The molecule has 7 heteroatoms. The summed E-state index contributed by atoms with van der Waals surface area (Å²) < 4.78 is 37.4. The molecule has 1 heterocycles. The van der Waals surface area contributed by atoms with Gasteiger partial charge in [-0.15, -0.1) is 0 Å². The van der Waals surface area contributed by atoms with Gasteiger partial charge in [-0.1, -0.05) is 24.0 Å². The number of ether oxygens (including phenoxy) is 2. The number of sulfonamides is 1. The van der Waals surface area contributed by atoms with E-state index in [0.717, 1.165) is 10.9 Å². The van der Waals surface area contributed by atoms with Gasteiger partial charge in [0.2, 0.25) is 10.0 Å². The Balaban J connectivity index is 1.52. The average molecular weight is 382 g/mol. The molecular formula is C20H18N2O4S. The van der Waals surface area contributed by atoms with Crippen LogP contribution >= 0.6 is 0 Å². The number of benzene rings is 2. The van der Waals surface area contributed by atoms with Crippen molar-refractivity contribution in [1.82, 2.24) is 9.71 Å². The number of pyridine rings is 1. The van der Waals surface area contributed by atoms with Crippen LogP contribution in [0.15, 0.2) is 65.7 Å². The zero-order valence-corrected chi connectivity index (χ0v) is 15.5. The van der Waals surface area contributed by atoms with Gasteiger partial charge in [-0.05, 0) is 30.3 Å². The molecule has 138 valence electrons. The Morgan fingerprint density at radius 1 is 1.04 bits per heavy atom. The van der Waals surface area contributed by atoms with Crippen LogP contribution in [-0.4, -0.2) is 33.7 Å². The molecule has 3 aromatic rings. The van der Waals surface area contributed by atoms with Gasteiger partial charge in [0.1, 0.15) is 18.1 Å². The van der Waals surface area contributed by atoms with Gasteiger partial charge in [-0.25, -0.2) is 8.42 Å². The normalized spacial score (nSPS) is 10.9. The average Bonchev–Trinajstić information content (AvgIpc) is 2.70. The molecule has 6 nitrogen and oxygen atoms in total. The Labute approximate surface area is 158 Å². The van der Waals surface area contributed by atoms with Crippen molar-refractivity contribution in [3.63, 3.8) is 0 Å². The predicted octanol–water partition coefficient (Wildman–Crippen LogP) is 2.60. The molecule has 3 rings (SSSR count). The third kappa shape index (κ3) is 4.97. The number of hydrogen-bond donors (Lipinski definition) is 1. The maximum absolute atomic E-state index is 12.2. The molecule has 0 saturated heterocycles. The van der Waals surface area contributed by atoms with Crippen molar-refractivity contribution in [3.05, 3.63) is 60.8 Å².